The highest BCUT2D eigenvalue weighted by atomic mass is 19.1. The number of halogens is 1. The third-order valence-corrected chi connectivity index (χ3v) is 6.38. The Hall–Kier alpha value is -2.08. The Morgan fingerprint density at radius 3 is 2.57 bits per heavy atom. The van der Waals surface area contributed by atoms with Crippen LogP contribution in [0.1, 0.15) is 55.3 Å². The maximum atomic E-state index is 13.0. The number of benzene rings is 1. The number of amides is 1. The fourth-order valence-corrected chi connectivity index (χ4v) is 4.63. The largest absolute Gasteiger partial charge is 0.301 e. The van der Waals surface area contributed by atoms with Crippen LogP contribution in [0.25, 0.3) is 0 Å². The smallest absolute Gasteiger partial charge is 0.243 e. The first kappa shape index (κ1) is 19.2. The molecule has 1 saturated carbocycles. The van der Waals surface area contributed by atoms with E-state index in [1.165, 1.54) is 30.7 Å². The van der Waals surface area contributed by atoms with E-state index < -0.39 is 0 Å². The lowest BCUT2D eigenvalue weighted by Gasteiger charge is -2.35. The van der Waals surface area contributed by atoms with Crippen LogP contribution in [0.3, 0.4) is 0 Å². The maximum Gasteiger partial charge on any atom is 0.243 e. The second kappa shape index (κ2) is 8.52. The Morgan fingerprint density at radius 2 is 1.82 bits per heavy atom. The summed E-state index contributed by atoms with van der Waals surface area (Å²) in [7, 11) is 0. The van der Waals surface area contributed by atoms with Gasteiger partial charge >= 0.3 is 0 Å². The van der Waals surface area contributed by atoms with Gasteiger partial charge in [-0.1, -0.05) is 6.42 Å². The van der Waals surface area contributed by atoms with Crippen molar-refractivity contribution in [3.63, 3.8) is 0 Å². The summed E-state index contributed by atoms with van der Waals surface area (Å²) in [6.07, 6.45) is 6.77. The summed E-state index contributed by atoms with van der Waals surface area (Å²) < 4.78 is 13.0. The molecule has 1 saturated heterocycles. The first-order chi connectivity index (χ1) is 13.6. The second-order valence-corrected chi connectivity index (χ2v) is 8.24. The Labute approximate surface area is 165 Å². The molecular formula is C22H28FN3O2. The standard InChI is InChI=1S/C22H28FN3O2/c23-19-7-5-16(6-8-19)22(28)17-9-11-25(12-10-17)13-14-26-21(27)15-18-3-1-2-4-20(18)24-26/h5-8,17-18H,1-4,9-15H2. The molecule has 1 aromatic rings. The van der Waals surface area contributed by atoms with E-state index in [-0.39, 0.29) is 23.4 Å². The molecule has 28 heavy (non-hydrogen) atoms. The summed E-state index contributed by atoms with van der Waals surface area (Å²) in [4.78, 5) is 27.3. The van der Waals surface area contributed by atoms with Crippen LogP contribution in [0.15, 0.2) is 29.4 Å². The predicted molar refractivity (Wildman–Crippen MR) is 106 cm³/mol. The highest BCUT2D eigenvalue weighted by Gasteiger charge is 2.31. The number of carbonyl (C=O) groups is 2. The molecule has 1 aliphatic carbocycles. The number of hydrogen-bond donors (Lipinski definition) is 0. The molecule has 5 nitrogen and oxygen atoms in total. The molecular weight excluding hydrogens is 357 g/mol. The van der Waals surface area contributed by atoms with Crippen LogP contribution >= 0.6 is 0 Å². The highest BCUT2D eigenvalue weighted by Crippen LogP contribution is 2.29. The topological polar surface area (TPSA) is 53.0 Å². The van der Waals surface area contributed by atoms with E-state index in [9.17, 15) is 14.0 Å². The fraction of sp³-hybridized carbons (Fsp3) is 0.591. The van der Waals surface area contributed by atoms with Gasteiger partial charge in [-0.05, 0) is 69.5 Å². The number of hydrazone groups is 1. The number of ketones is 1. The summed E-state index contributed by atoms with van der Waals surface area (Å²) in [5, 5.41) is 6.32. The Bertz CT molecular complexity index is 754. The molecule has 3 aliphatic rings. The predicted octanol–water partition coefficient (Wildman–Crippen LogP) is 3.50. The number of carbonyl (C=O) groups excluding carboxylic acids is 2. The molecule has 0 bridgehead atoms. The number of hydrogen-bond acceptors (Lipinski definition) is 4. The van der Waals surface area contributed by atoms with E-state index in [0.717, 1.165) is 45.3 Å². The van der Waals surface area contributed by atoms with Crippen LogP contribution in [0.5, 0.6) is 0 Å². The Morgan fingerprint density at radius 1 is 1.07 bits per heavy atom. The number of Topliss-reactive ketones (excluding diaryl/α,β-unsaturated/α-hetero) is 1. The van der Waals surface area contributed by atoms with Crippen molar-refractivity contribution >= 4 is 17.4 Å². The Kier molecular flexibility index (Phi) is 5.85. The van der Waals surface area contributed by atoms with E-state index in [2.05, 4.69) is 10.0 Å². The third-order valence-electron chi connectivity index (χ3n) is 6.38. The van der Waals surface area contributed by atoms with Gasteiger partial charge in [-0.3, -0.25) is 9.59 Å². The van der Waals surface area contributed by atoms with Crippen molar-refractivity contribution in [2.75, 3.05) is 26.2 Å². The van der Waals surface area contributed by atoms with Gasteiger partial charge in [0.1, 0.15) is 5.82 Å². The molecule has 0 aromatic heterocycles. The van der Waals surface area contributed by atoms with Gasteiger partial charge in [0.2, 0.25) is 5.91 Å². The minimum absolute atomic E-state index is 0.00145. The van der Waals surface area contributed by atoms with Crippen molar-refractivity contribution in [2.45, 2.75) is 44.9 Å². The highest BCUT2D eigenvalue weighted by molar-refractivity contribution is 5.98. The lowest BCUT2D eigenvalue weighted by Crippen LogP contribution is -2.44. The Balaban J connectivity index is 1.26. The summed E-state index contributed by atoms with van der Waals surface area (Å²) in [6, 6.07) is 5.83. The van der Waals surface area contributed by atoms with Crippen molar-refractivity contribution in [2.24, 2.45) is 16.9 Å². The zero-order valence-corrected chi connectivity index (χ0v) is 16.3. The van der Waals surface area contributed by atoms with E-state index >= 15 is 0 Å². The SMILES string of the molecule is O=C(c1ccc(F)cc1)C1CCN(CCN2N=C3CCCCC3CC2=O)CC1. The molecule has 0 radical (unpaired) electrons. The van der Waals surface area contributed by atoms with Crippen LogP contribution in [0.2, 0.25) is 0 Å². The van der Waals surface area contributed by atoms with Gasteiger partial charge in [0, 0.05) is 36.1 Å². The summed E-state index contributed by atoms with van der Waals surface area (Å²) in [5.74, 6) is 0.326. The van der Waals surface area contributed by atoms with Crippen molar-refractivity contribution in [3.8, 4) is 0 Å². The number of rotatable bonds is 5. The molecule has 150 valence electrons. The number of piperidine rings is 1. The normalized spacial score (nSPS) is 24.0. The molecule has 1 unspecified atom stereocenters. The minimum Gasteiger partial charge on any atom is -0.301 e. The van der Waals surface area contributed by atoms with Crippen LogP contribution in [0.4, 0.5) is 4.39 Å². The average Bonchev–Trinajstić information content (AvgIpc) is 2.72. The van der Waals surface area contributed by atoms with Crippen LogP contribution < -0.4 is 0 Å². The zero-order chi connectivity index (χ0) is 19.5. The number of nitrogens with zero attached hydrogens (tertiary/aromatic N) is 3. The van der Waals surface area contributed by atoms with Crippen LogP contribution in [-0.4, -0.2) is 53.5 Å². The van der Waals surface area contributed by atoms with Gasteiger partial charge in [-0.15, -0.1) is 0 Å². The fourth-order valence-electron chi connectivity index (χ4n) is 4.63. The molecule has 1 amide bonds. The lowest BCUT2D eigenvalue weighted by molar-refractivity contribution is -0.133. The average molecular weight is 385 g/mol. The second-order valence-electron chi connectivity index (χ2n) is 8.24. The monoisotopic (exact) mass is 385 g/mol. The summed E-state index contributed by atoms with van der Waals surface area (Å²) in [6.45, 7) is 3.12. The van der Waals surface area contributed by atoms with Crippen LogP contribution in [-0.2, 0) is 4.79 Å². The van der Waals surface area contributed by atoms with Crippen molar-refractivity contribution in [1.29, 1.82) is 0 Å². The summed E-state index contributed by atoms with van der Waals surface area (Å²) in [5.41, 5.74) is 1.81. The van der Waals surface area contributed by atoms with Gasteiger partial charge in [0.05, 0.1) is 6.54 Å². The molecule has 4 rings (SSSR count). The molecule has 2 aliphatic heterocycles. The van der Waals surface area contributed by atoms with E-state index in [1.54, 1.807) is 17.1 Å². The molecule has 2 heterocycles. The van der Waals surface area contributed by atoms with Crippen molar-refractivity contribution < 1.29 is 14.0 Å². The van der Waals surface area contributed by atoms with Gasteiger partial charge in [-0.2, -0.15) is 5.10 Å². The number of fused-ring (bicyclic) bond motifs is 1. The van der Waals surface area contributed by atoms with Crippen molar-refractivity contribution in [3.05, 3.63) is 35.6 Å². The number of likely N-dealkylation sites (tertiary alicyclic amines) is 1. The third kappa shape index (κ3) is 4.32. The van der Waals surface area contributed by atoms with Gasteiger partial charge in [0.25, 0.3) is 0 Å². The first-order valence-corrected chi connectivity index (χ1v) is 10.5. The quantitative estimate of drug-likeness (QED) is 0.729. The molecule has 6 heteroatoms. The van der Waals surface area contributed by atoms with E-state index in [1.807, 2.05) is 0 Å². The van der Waals surface area contributed by atoms with E-state index in [0.29, 0.717) is 24.4 Å². The van der Waals surface area contributed by atoms with E-state index in [4.69, 9.17) is 0 Å². The minimum atomic E-state index is -0.318. The zero-order valence-electron chi connectivity index (χ0n) is 16.3. The molecule has 0 N–H and O–H groups in total. The molecule has 0 spiro atoms. The van der Waals surface area contributed by atoms with Gasteiger partial charge in [0.15, 0.2) is 5.78 Å². The summed E-state index contributed by atoms with van der Waals surface area (Å²) >= 11 is 0. The molecule has 2 fully saturated rings. The first-order valence-electron chi connectivity index (χ1n) is 10.5. The molecule has 1 atom stereocenters. The van der Waals surface area contributed by atoms with Crippen molar-refractivity contribution in [1.82, 2.24) is 9.91 Å². The lowest BCUT2D eigenvalue weighted by atomic mass is 9.84. The maximum absolute atomic E-state index is 13.0. The van der Waals surface area contributed by atoms with Crippen LogP contribution in [0, 0.1) is 17.7 Å². The molecule has 1 aromatic carbocycles. The van der Waals surface area contributed by atoms with Gasteiger partial charge in [-0.25, -0.2) is 9.40 Å². The van der Waals surface area contributed by atoms with Gasteiger partial charge < -0.3 is 4.90 Å².